The van der Waals surface area contributed by atoms with Crippen LogP contribution in [0.5, 0.6) is 0 Å². The molecule has 0 saturated carbocycles. The number of carbonyl (C=O) groups excluding carboxylic acids is 1. The number of nitrogens with zero attached hydrogens (tertiary/aromatic N) is 3. The van der Waals surface area contributed by atoms with Gasteiger partial charge in [0.25, 0.3) is 0 Å². The van der Waals surface area contributed by atoms with Crippen molar-refractivity contribution in [1.29, 1.82) is 0 Å². The largest absolute Gasteiger partial charge is 0.469 e. The molecule has 2 heterocycles. The van der Waals surface area contributed by atoms with E-state index in [1.807, 2.05) is 38.5 Å². The van der Waals surface area contributed by atoms with E-state index < -0.39 is 0 Å². The molecule has 0 spiro atoms. The van der Waals surface area contributed by atoms with E-state index in [2.05, 4.69) is 15.5 Å². The predicted octanol–water partition coefficient (Wildman–Crippen LogP) is 2.39. The lowest BCUT2D eigenvalue weighted by molar-refractivity contribution is -0.119. The fraction of sp³-hybridized carbons (Fsp3) is 0.500. The molecule has 2 aromatic heterocycles. The molecule has 0 saturated heterocycles. The Morgan fingerprint density at radius 3 is 2.90 bits per heavy atom. The number of nitrogens with one attached hydrogen (secondary N) is 1. The highest BCUT2D eigenvalue weighted by Gasteiger charge is 2.16. The third-order valence-corrected chi connectivity index (χ3v) is 4.31. The molecule has 0 aliphatic heterocycles. The number of rotatable bonds is 6. The smallest absolute Gasteiger partial charge is 0.230 e. The van der Waals surface area contributed by atoms with Crippen molar-refractivity contribution in [1.82, 2.24) is 20.1 Å². The lowest BCUT2D eigenvalue weighted by Crippen LogP contribution is -2.33. The zero-order valence-corrected chi connectivity index (χ0v) is 13.5. The lowest BCUT2D eigenvalue weighted by Gasteiger charge is -2.10. The third kappa shape index (κ3) is 3.66. The van der Waals surface area contributed by atoms with Crippen LogP contribution in [0, 0.1) is 6.92 Å². The average Bonchev–Trinajstić information content (AvgIpc) is 3.02. The molecule has 2 aromatic rings. The van der Waals surface area contributed by atoms with Gasteiger partial charge in [0.2, 0.25) is 5.91 Å². The Labute approximate surface area is 128 Å². The molecule has 0 bridgehead atoms. The van der Waals surface area contributed by atoms with Gasteiger partial charge in [-0.05, 0) is 26.3 Å². The van der Waals surface area contributed by atoms with Crippen LogP contribution in [0.2, 0.25) is 0 Å². The minimum atomic E-state index is 0.0124. The first-order valence-corrected chi connectivity index (χ1v) is 7.87. The highest BCUT2D eigenvalue weighted by Crippen LogP contribution is 2.25. The summed E-state index contributed by atoms with van der Waals surface area (Å²) in [5.41, 5.74) is 0.918. The number of aryl methyl sites for hydroxylation is 1. The van der Waals surface area contributed by atoms with Crippen LogP contribution in [0.3, 0.4) is 0 Å². The molecule has 2 rings (SSSR count). The van der Waals surface area contributed by atoms with Gasteiger partial charge in [-0.2, -0.15) is 0 Å². The summed E-state index contributed by atoms with van der Waals surface area (Å²) in [6.45, 7) is 5.92. The summed E-state index contributed by atoms with van der Waals surface area (Å²) >= 11 is 1.38. The Bertz CT molecular complexity index is 620. The molecule has 0 radical (unpaired) electrons. The molecule has 21 heavy (non-hydrogen) atoms. The molecule has 1 amide bonds. The minimum Gasteiger partial charge on any atom is -0.469 e. The molecule has 0 aliphatic rings. The van der Waals surface area contributed by atoms with Gasteiger partial charge < -0.3 is 14.3 Å². The minimum absolute atomic E-state index is 0.0124. The monoisotopic (exact) mass is 308 g/mol. The average molecular weight is 308 g/mol. The van der Waals surface area contributed by atoms with Crippen molar-refractivity contribution >= 4 is 17.7 Å². The Balaban J connectivity index is 2.01. The summed E-state index contributed by atoms with van der Waals surface area (Å²) in [6, 6.07) is 2.06. The van der Waals surface area contributed by atoms with Gasteiger partial charge in [-0.15, -0.1) is 10.2 Å². The van der Waals surface area contributed by atoms with E-state index in [-0.39, 0.29) is 11.9 Å². The lowest BCUT2D eigenvalue weighted by atomic mass is 10.2. The highest BCUT2D eigenvalue weighted by molar-refractivity contribution is 7.99. The van der Waals surface area contributed by atoms with Crippen molar-refractivity contribution in [3.63, 3.8) is 0 Å². The first kappa shape index (κ1) is 15.6. The van der Waals surface area contributed by atoms with Gasteiger partial charge in [0, 0.05) is 13.1 Å². The maximum absolute atomic E-state index is 11.8. The van der Waals surface area contributed by atoms with Gasteiger partial charge in [0.05, 0.1) is 17.6 Å². The van der Waals surface area contributed by atoms with Crippen molar-refractivity contribution in [3.8, 4) is 11.4 Å². The van der Waals surface area contributed by atoms with Crippen LogP contribution in [-0.2, 0) is 11.8 Å². The summed E-state index contributed by atoms with van der Waals surface area (Å²) in [5, 5.41) is 12.0. The van der Waals surface area contributed by atoms with Crippen molar-refractivity contribution in [2.75, 3.05) is 5.75 Å². The van der Waals surface area contributed by atoms with Crippen LogP contribution >= 0.6 is 11.8 Å². The van der Waals surface area contributed by atoms with Crippen LogP contribution in [0.4, 0.5) is 0 Å². The van der Waals surface area contributed by atoms with Crippen molar-refractivity contribution in [3.05, 3.63) is 18.1 Å². The normalized spacial score (nSPS) is 12.4. The number of hydrogen-bond donors (Lipinski definition) is 1. The van der Waals surface area contributed by atoms with Crippen LogP contribution in [-0.4, -0.2) is 32.5 Å². The SMILES string of the molecule is CC[C@@H](C)NC(=O)CSc1nnc(-c2ccoc2C)n1C. The van der Waals surface area contributed by atoms with Crippen LogP contribution in [0.15, 0.2) is 21.9 Å². The number of thioether (sulfide) groups is 1. The summed E-state index contributed by atoms with van der Waals surface area (Å²) in [7, 11) is 1.89. The van der Waals surface area contributed by atoms with Gasteiger partial charge >= 0.3 is 0 Å². The van der Waals surface area contributed by atoms with Gasteiger partial charge in [-0.1, -0.05) is 18.7 Å². The predicted molar refractivity (Wildman–Crippen MR) is 82.1 cm³/mol. The first-order chi connectivity index (χ1) is 10.0. The van der Waals surface area contributed by atoms with E-state index in [1.54, 1.807) is 6.26 Å². The molecule has 7 heteroatoms. The van der Waals surface area contributed by atoms with Crippen molar-refractivity contribution in [2.24, 2.45) is 7.05 Å². The molecule has 1 N–H and O–H groups in total. The Morgan fingerprint density at radius 1 is 1.52 bits per heavy atom. The maximum atomic E-state index is 11.8. The highest BCUT2D eigenvalue weighted by atomic mass is 32.2. The molecule has 0 aromatic carbocycles. The summed E-state index contributed by atoms with van der Waals surface area (Å²) in [6.07, 6.45) is 2.55. The zero-order valence-electron chi connectivity index (χ0n) is 12.7. The molecular formula is C14H20N4O2S. The number of hydrogen-bond acceptors (Lipinski definition) is 5. The Hall–Kier alpha value is -1.76. The van der Waals surface area contributed by atoms with E-state index in [4.69, 9.17) is 4.42 Å². The molecule has 0 fully saturated rings. The van der Waals surface area contributed by atoms with E-state index >= 15 is 0 Å². The maximum Gasteiger partial charge on any atom is 0.230 e. The second kappa shape index (κ2) is 6.80. The number of amides is 1. The topological polar surface area (TPSA) is 73.0 Å². The standard InChI is InChI=1S/C14H20N4O2S/c1-5-9(2)15-12(19)8-21-14-17-16-13(18(14)4)11-6-7-20-10(11)3/h6-7,9H,5,8H2,1-4H3,(H,15,19)/t9-/m1/s1. The molecule has 0 aliphatic carbocycles. The van der Waals surface area contributed by atoms with E-state index in [9.17, 15) is 4.79 Å². The van der Waals surface area contributed by atoms with Crippen molar-refractivity contribution in [2.45, 2.75) is 38.4 Å². The molecular weight excluding hydrogens is 288 g/mol. The first-order valence-electron chi connectivity index (χ1n) is 6.89. The fourth-order valence-electron chi connectivity index (χ4n) is 1.84. The van der Waals surface area contributed by atoms with Crippen LogP contribution < -0.4 is 5.32 Å². The molecule has 1 atom stereocenters. The number of aromatic nitrogens is 3. The van der Waals surface area contributed by atoms with Gasteiger partial charge in [0.1, 0.15) is 5.76 Å². The number of carbonyl (C=O) groups is 1. The van der Waals surface area contributed by atoms with Gasteiger partial charge in [-0.3, -0.25) is 4.79 Å². The fourth-order valence-corrected chi connectivity index (χ4v) is 2.56. The Kier molecular flexibility index (Phi) is 5.06. The number of furan rings is 1. The molecule has 0 unspecified atom stereocenters. The van der Waals surface area contributed by atoms with Crippen LogP contribution in [0.1, 0.15) is 26.0 Å². The summed E-state index contributed by atoms with van der Waals surface area (Å²) in [5.74, 6) is 1.89. The van der Waals surface area contributed by atoms with E-state index in [0.29, 0.717) is 10.9 Å². The van der Waals surface area contributed by atoms with Gasteiger partial charge in [-0.25, -0.2) is 0 Å². The van der Waals surface area contributed by atoms with Gasteiger partial charge in [0.15, 0.2) is 11.0 Å². The van der Waals surface area contributed by atoms with Crippen LogP contribution in [0.25, 0.3) is 11.4 Å². The summed E-state index contributed by atoms with van der Waals surface area (Å²) < 4.78 is 7.16. The molecule has 6 nitrogen and oxygen atoms in total. The second-order valence-electron chi connectivity index (χ2n) is 4.92. The Morgan fingerprint density at radius 2 is 2.29 bits per heavy atom. The molecule has 114 valence electrons. The second-order valence-corrected chi connectivity index (χ2v) is 5.86. The zero-order chi connectivity index (χ0) is 15.4. The quantitative estimate of drug-likeness (QED) is 0.830. The van der Waals surface area contributed by atoms with Crippen molar-refractivity contribution < 1.29 is 9.21 Å². The summed E-state index contributed by atoms with van der Waals surface area (Å²) in [4.78, 5) is 11.8. The third-order valence-electron chi connectivity index (χ3n) is 3.29. The van der Waals surface area contributed by atoms with E-state index in [0.717, 1.165) is 23.6 Å². The van der Waals surface area contributed by atoms with E-state index in [1.165, 1.54) is 11.8 Å².